The van der Waals surface area contributed by atoms with Crippen LogP contribution in [0.25, 0.3) is 0 Å². The molecule has 2 aromatic rings. The van der Waals surface area contributed by atoms with Crippen molar-refractivity contribution in [3.63, 3.8) is 0 Å². The summed E-state index contributed by atoms with van der Waals surface area (Å²) in [6.07, 6.45) is 0. The SMILES string of the molecule is Cc1ccc(N(C)c2c(N)cccc2Cl)cc1. The first-order valence-electron chi connectivity index (χ1n) is 5.44. The summed E-state index contributed by atoms with van der Waals surface area (Å²) in [5, 5.41) is 0.660. The molecule has 0 atom stereocenters. The van der Waals surface area contributed by atoms with Crippen LogP contribution in [0.5, 0.6) is 0 Å². The van der Waals surface area contributed by atoms with E-state index in [9.17, 15) is 0 Å². The zero-order chi connectivity index (χ0) is 12.4. The molecule has 0 unspecified atom stereocenters. The minimum absolute atomic E-state index is 0.660. The fourth-order valence-electron chi connectivity index (χ4n) is 1.78. The predicted molar refractivity (Wildman–Crippen MR) is 75.1 cm³/mol. The van der Waals surface area contributed by atoms with E-state index in [1.807, 2.05) is 30.1 Å². The summed E-state index contributed by atoms with van der Waals surface area (Å²) in [5.74, 6) is 0. The lowest BCUT2D eigenvalue weighted by molar-refractivity contribution is 1.21. The average molecular weight is 247 g/mol. The maximum absolute atomic E-state index is 6.18. The average Bonchev–Trinajstić information content (AvgIpc) is 2.29. The molecule has 88 valence electrons. The molecule has 0 heterocycles. The van der Waals surface area contributed by atoms with Crippen molar-refractivity contribution in [3.05, 3.63) is 53.1 Å². The molecule has 0 aliphatic heterocycles. The van der Waals surface area contributed by atoms with Crippen LogP contribution in [0.15, 0.2) is 42.5 Å². The molecule has 0 saturated carbocycles. The molecular formula is C14H15ClN2. The highest BCUT2D eigenvalue weighted by Crippen LogP contribution is 2.35. The standard InChI is InChI=1S/C14H15ClN2/c1-10-6-8-11(9-7-10)17(2)14-12(15)4-3-5-13(14)16/h3-9H,16H2,1-2H3. The molecule has 2 rings (SSSR count). The molecule has 0 saturated heterocycles. The third-order valence-corrected chi connectivity index (χ3v) is 3.08. The van der Waals surface area contributed by atoms with Gasteiger partial charge in [0.2, 0.25) is 0 Å². The first-order chi connectivity index (χ1) is 8.09. The topological polar surface area (TPSA) is 29.3 Å². The van der Waals surface area contributed by atoms with Crippen molar-refractivity contribution >= 4 is 28.7 Å². The maximum Gasteiger partial charge on any atom is 0.0830 e. The van der Waals surface area contributed by atoms with Crippen LogP contribution in [-0.2, 0) is 0 Å². The monoisotopic (exact) mass is 246 g/mol. The molecule has 3 heteroatoms. The van der Waals surface area contributed by atoms with Gasteiger partial charge in [-0.1, -0.05) is 35.4 Å². The van der Waals surface area contributed by atoms with Crippen molar-refractivity contribution in [2.75, 3.05) is 17.7 Å². The minimum Gasteiger partial charge on any atom is -0.397 e. The molecule has 0 aliphatic rings. The van der Waals surface area contributed by atoms with Crippen LogP contribution >= 0.6 is 11.6 Å². The lowest BCUT2D eigenvalue weighted by Crippen LogP contribution is -2.12. The first kappa shape index (κ1) is 11.8. The number of hydrogen-bond acceptors (Lipinski definition) is 2. The highest BCUT2D eigenvalue weighted by Gasteiger charge is 2.11. The quantitative estimate of drug-likeness (QED) is 0.812. The van der Waals surface area contributed by atoms with Crippen molar-refractivity contribution in [2.45, 2.75) is 6.92 Å². The number of halogens is 1. The van der Waals surface area contributed by atoms with Crippen LogP contribution in [0, 0.1) is 6.92 Å². The van der Waals surface area contributed by atoms with Crippen molar-refractivity contribution < 1.29 is 0 Å². The molecular weight excluding hydrogens is 232 g/mol. The molecule has 0 amide bonds. The molecule has 17 heavy (non-hydrogen) atoms. The number of anilines is 3. The number of para-hydroxylation sites is 1. The van der Waals surface area contributed by atoms with Gasteiger partial charge in [0.15, 0.2) is 0 Å². The summed E-state index contributed by atoms with van der Waals surface area (Å²) in [6.45, 7) is 2.06. The number of hydrogen-bond donors (Lipinski definition) is 1. The largest absolute Gasteiger partial charge is 0.397 e. The highest BCUT2D eigenvalue weighted by atomic mass is 35.5. The van der Waals surface area contributed by atoms with E-state index in [0.717, 1.165) is 11.4 Å². The van der Waals surface area contributed by atoms with Crippen LogP contribution in [-0.4, -0.2) is 7.05 Å². The molecule has 2 N–H and O–H groups in total. The van der Waals surface area contributed by atoms with Gasteiger partial charge in [0.05, 0.1) is 16.4 Å². The van der Waals surface area contributed by atoms with Crippen LogP contribution in [0.2, 0.25) is 5.02 Å². The summed E-state index contributed by atoms with van der Waals surface area (Å²) >= 11 is 6.18. The third kappa shape index (κ3) is 2.37. The van der Waals surface area contributed by atoms with Crippen molar-refractivity contribution in [1.82, 2.24) is 0 Å². The lowest BCUT2D eigenvalue weighted by atomic mass is 10.2. The van der Waals surface area contributed by atoms with E-state index in [4.69, 9.17) is 17.3 Å². The number of benzene rings is 2. The Balaban J connectivity index is 2.43. The normalized spacial score (nSPS) is 10.3. The number of aryl methyl sites for hydroxylation is 1. The molecule has 2 aromatic carbocycles. The first-order valence-corrected chi connectivity index (χ1v) is 5.82. The fourth-order valence-corrected chi connectivity index (χ4v) is 2.09. The van der Waals surface area contributed by atoms with E-state index in [1.165, 1.54) is 5.56 Å². The van der Waals surface area contributed by atoms with Gasteiger partial charge in [-0.15, -0.1) is 0 Å². The zero-order valence-corrected chi connectivity index (χ0v) is 10.7. The maximum atomic E-state index is 6.18. The van der Waals surface area contributed by atoms with E-state index in [2.05, 4.69) is 31.2 Å². The van der Waals surface area contributed by atoms with E-state index in [0.29, 0.717) is 10.7 Å². The van der Waals surface area contributed by atoms with Crippen molar-refractivity contribution in [2.24, 2.45) is 0 Å². The fraction of sp³-hybridized carbons (Fsp3) is 0.143. The van der Waals surface area contributed by atoms with Gasteiger partial charge in [-0.3, -0.25) is 0 Å². The van der Waals surface area contributed by atoms with Crippen LogP contribution in [0.3, 0.4) is 0 Å². The number of rotatable bonds is 2. The van der Waals surface area contributed by atoms with Gasteiger partial charge in [0.25, 0.3) is 0 Å². The van der Waals surface area contributed by atoms with E-state index >= 15 is 0 Å². The van der Waals surface area contributed by atoms with Gasteiger partial charge >= 0.3 is 0 Å². The smallest absolute Gasteiger partial charge is 0.0830 e. The second kappa shape index (κ2) is 4.68. The van der Waals surface area contributed by atoms with Gasteiger partial charge in [-0.2, -0.15) is 0 Å². The van der Waals surface area contributed by atoms with Crippen LogP contribution in [0.1, 0.15) is 5.56 Å². The molecule has 0 aromatic heterocycles. The third-order valence-electron chi connectivity index (χ3n) is 2.77. The van der Waals surface area contributed by atoms with Crippen molar-refractivity contribution in [3.8, 4) is 0 Å². The summed E-state index contributed by atoms with van der Waals surface area (Å²) in [6, 6.07) is 13.8. The number of nitrogen functional groups attached to an aromatic ring is 1. The van der Waals surface area contributed by atoms with Gasteiger partial charge in [-0.05, 0) is 31.2 Å². The summed E-state index contributed by atoms with van der Waals surface area (Å²) in [4.78, 5) is 2.00. The number of nitrogens with two attached hydrogens (primary N) is 1. The Kier molecular flexibility index (Phi) is 3.25. The zero-order valence-electron chi connectivity index (χ0n) is 9.94. The van der Waals surface area contributed by atoms with E-state index in [-0.39, 0.29) is 0 Å². The second-order valence-electron chi connectivity index (χ2n) is 4.07. The molecule has 0 aliphatic carbocycles. The van der Waals surface area contributed by atoms with E-state index in [1.54, 1.807) is 0 Å². The van der Waals surface area contributed by atoms with Gasteiger partial charge in [0.1, 0.15) is 0 Å². The second-order valence-corrected chi connectivity index (χ2v) is 4.48. The molecule has 2 nitrogen and oxygen atoms in total. The summed E-state index contributed by atoms with van der Waals surface area (Å²) < 4.78 is 0. The molecule has 0 bridgehead atoms. The Morgan fingerprint density at radius 1 is 1.06 bits per heavy atom. The molecule has 0 spiro atoms. The highest BCUT2D eigenvalue weighted by molar-refractivity contribution is 6.34. The van der Waals surface area contributed by atoms with Crippen molar-refractivity contribution in [1.29, 1.82) is 0 Å². The Hall–Kier alpha value is -1.67. The Morgan fingerprint density at radius 2 is 1.71 bits per heavy atom. The Labute approximate surface area is 107 Å². The van der Waals surface area contributed by atoms with Crippen LogP contribution < -0.4 is 10.6 Å². The lowest BCUT2D eigenvalue weighted by Gasteiger charge is -2.22. The van der Waals surface area contributed by atoms with Gasteiger partial charge in [-0.25, -0.2) is 0 Å². The Bertz CT molecular complexity index is 500. The van der Waals surface area contributed by atoms with Gasteiger partial charge in [0, 0.05) is 12.7 Å². The Morgan fingerprint density at radius 3 is 2.29 bits per heavy atom. The minimum atomic E-state index is 0.660. The summed E-state index contributed by atoms with van der Waals surface area (Å²) in [7, 11) is 1.96. The van der Waals surface area contributed by atoms with Gasteiger partial charge < -0.3 is 10.6 Å². The molecule has 0 fully saturated rings. The molecule has 0 radical (unpaired) electrons. The summed E-state index contributed by atoms with van der Waals surface area (Å²) in [5.41, 5.74) is 9.79. The number of nitrogens with zero attached hydrogens (tertiary/aromatic N) is 1. The van der Waals surface area contributed by atoms with E-state index < -0.39 is 0 Å². The predicted octanol–water partition coefficient (Wildman–Crippen LogP) is 4.00. The van der Waals surface area contributed by atoms with Crippen LogP contribution in [0.4, 0.5) is 17.1 Å².